The average Bonchev–Trinajstić information content (AvgIpc) is 2.72. The van der Waals surface area contributed by atoms with Gasteiger partial charge >= 0.3 is 0 Å². The van der Waals surface area contributed by atoms with Crippen LogP contribution in [-0.2, 0) is 4.74 Å². The fourth-order valence-corrected chi connectivity index (χ4v) is 3.98. The number of hydrogen-bond donors (Lipinski definition) is 0. The van der Waals surface area contributed by atoms with E-state index >= 15 is 0 Å². The molecule has 0 aromatic rings. The topological polar surface area (TPSA) is 33.0 Å². The molecule has 3 atom stereocenters. The third kappa shape index (κ3) is 1.30. The van der Waals surface area contributed by atoms with Crippen LogP contribution >= 0.6 is 23.5 Å². The lowest BCUT2D eigenvalue weighted by atomic mass is 9.95. The van der Waals surface area contributed by atoms with Crippen molar-refractivity contribution in [3.05, 3.63) is 9.81 Å². The Bertz CT molecular complexity index is 294. The highest BCUT2D eigenvalue weighted by molar-refractivity contribution is 8.06. The number of fused-ring (bicyclic) bond motifs is 2. The molecule has 0 spiro atoms. The molecule has 4 heteroatoms. The van der Waals surface area contributed by atoms with E-state index in [1.54, 1.807) is 23.5 Å². The number of nitrogens with zero attached hydrogens (tertiary/aromatic N) is 1. The van der Waals surface area contributed by atoms with Gasteiger partial charge in [-0.15, -0.1) is 23.5 Å². The van der Waals surface area contributed by atoms with Gasteiger partial charge < -0.3 is 4.74 Å². The maximum absolute atomic E-state index is 8.89. The van der Waals surface area contributed by atoms with Crippen LogP contribution in [0.25, 0.3) is 0 Å². The molecule has 0 amide bonds. The molecule has 0 saturated carbocycles. The summed E-state index contributed by atoms with van der Waals surface area (Å²) in [6, 6.07) is 2.32. The minimum Gasteiger partial charge on any atom is -0.363 e. The van der Waals surface area contributed by atoms with Gasteiger partial charge in [0.25, 0.3) is 0 Å². The summed E-state index contributed by atoms with van der Waals surface area (Å²) in [6.07, 6.45) is 5.32. The van der Waals surface area contributed by atoms with Gasteiger partial charge in [0.1, 0.15) is 6.10 Å². The Kier molecular flexibility index (Phi) is 2.59. The van der Waals surface area contributed by atoms with Gasteiger partial charge in [0.15, 0.2) is 0 Å². The van der Waals surface area contributed by atoms with Gasteiger partial charge in [0.05, 0.1) is 18.1 Å². The van der Waals surface area contributed by atoms with Crippen molar-refractivity contribution in [2.45, 2.75) is 18.6 Å². The average molecular weight is 213 g/mol. The summed E-state index contributed by atoms with van der Waals surface area (Å²) >= 11 is 3.50. The molecule has 2 rings (SSSR count). The normalized spacial score (nSPS) is 36.8. The first-order chi connectivity index (χ1) is 6.31. The van der Waals surface area contributed by atoms with Crippen LogP contribution in [0.4, 0.5) is 0 Å². The second-order valence-corrected chi connectivity index (χ2v) is 4.85. The lowest BCUT2D eigenvalue weighted by Crippen LogP contribution is -2.16. The van der Waals surface area contributed by atoms with E-state index in [0.717, 1.165) is 6.42 Å². The zero-order valence-corrected chi connectivity index (χ0v) is 9.24. The molecular weight excluding hydrogens is 202 g/mol. The summed E-state index contributed by atoms with van der Waals surface area (Å²) in [7, 11) is 0. The summed E-state index contributed by atoms with van der Waals surface area (Å²) in [4.78, 5) is 2.64. The highest BCUT2D eigenvalue weighted by Gasteiger charge is 2.46. The van der Waals surface area contributed by atoms with E-state index in [0.29, 0.717) is 0 Å². The predicted molar refractivity (Wildman–Crippen MR) is 56.4 cm³/mol. The first-order valence-corrected chi connectivity index (χ1v) is 6.64. The highest BCUT2D eigenvalue weighted by Crippen LogP contribution is 2.49. The second kappa shape index (κ2) is 3.56. The van der Waals surface area contributed by atoms with Gasteiger partial charge in [0, 0.05) is 9.81 Å². The quantitative estimate of drug-likeness (QED) is 0.704. The Morgan fingerprint density at radius 2 is 2.08 bits per heavy atom. The number of rotatable bonds is 2. The lowest BCUT2D eigenvalue weighted by molar-refractivity contribution is 0.112. The molecule has 2 aliphatic rings. The molecule has 2 heterocycles. The van der Waals surface area contributed by atoms with Crippen LogP contribution < -0.4 is 0 Å². The Labute approximate surface area is 86.7 Å². The van der Waals surface area contributed by atoms with E-state index in [4.69, 9.17) is 10.00 Å². The van der Waals surface area contributed by atoms with E-state index in [2.05, 4.69) is 18.6 Å². The maximum Gasteiger partial charge on any atom is 0.106 e. The van der Waals surface area contributed by atoms with Crippen LogP contribution in [0.15, 0.2) is 9.81 Å². The van der Waals surface area contributed by atoms with E-state index in [1.807, 2.05) is 0 Å². The van der Waals surface area contributed by atoms with Crippen molar-refractivity contribution in [2.24, 2.45) is 5.92 Å². The minimum atomic E-state index is 0.0763. The summed E-state index contributed by atoms with van der Waals surface area (Å²) in [6.45, 7) is 0. The second-order valence-electron chi connectivity index (χ2n) is 3.15. The zero-order valence-electron chi connectivity index (χ0n) is 7.61. The minimum absolute atomic E-state index is 0.0763. The molecule has 0 radical (unpaired) electrons. The molecule has 2 bridgehead atoms. The number of hydrogen-bond acceptors (Lipinski definition) is 4. The Hall–Kier alpha value is -0.110. The van der Waals surface area contributed by atoms with Crippen molar-refractivity contribution in [2.75, 3.05) is 12.5 Å². The van der Waals surface area contributed by atoms with Crippen LogP contribution in [-0.4, -0.2) is 24.7 Å². The number of ether oxygens (including phenoxy) is 1. The van der Waals surface area contributed by atoms with E-state index in [-0.39, 0.29) is 18.1 Å². The van der Waals surface area contributed by atoms with Gasteiger partial charge in [-0.3, -0.25) is 0 Å². The van der Waals surface area contributed by atoms with Crippen molar-refractivity contribution < 1.29 is 4.74 Å². The maximum atomic E-state index is 8.89. The third-order valence-electron chi connectivity index (χ3n) is 2.54. The summed E-state index contributed by atoms with van der Waals surface area (Å²) < 4.78 is 5.74. The van der Waals surface area contributed by atoms with Crippen LogP contribution in [0, 0.1) is 17.2 Å². The number of thioether (sulfide) groups is 2. The molecule has 2 aliphatic heterocycles. The van der Waals surface area contributed by atoms with Gasteiger partial charge in [-0.05, 0) is 18.9 Å². The van der Waals surface area contributed by atoms with Crippen molar-refractivity contribution >= 4 is 23.5 Å². The van der Waals surface area contributed by atoms with Crippen LogP contribution in [0.1, 0.15) is 6.42 Å². The first-order valence-electron chi connectivity index (χ1n) is 4.19. The van der Waals surface area contributed by atoms with E-state index in [9.17, 15) is 0 Å². The predicted octanol–water partition coefficient (Wildman–Crippen LogP) is 2.23. The molecule has 70 valence electrons. The molecule has 0 aliphatic carbocycles. The molecule has 0 aromatic heterocycles. The van der Waals surface area contributed by atoms with Gasteiger partial charge in [-0.25, -0.2) is 0 Å². The molecule has 1 saturated heterocycles. The van der Waals surface area contributed by atoms with E-state index in [1.165, 1.54) is 9.81 Å². The molecule has 0 N–H and O–H groups in total. The number of nitriles is 1. The van der Waals surface area contributed by atoms with Crippen LogP contribution in [0.5, 0.6) is 0 Å². The van der Waals surface area contributed by atoms with Crippen LogP contribution in [0.3, 0.4) is 0 Å². The third-order valence-corrected chi connectivity index (χ3v) is 4.49. The Morgan fingerprint density at radius 1 is 1.38 bits per heavy atom. The van der Waals surface area contributed by atoms with E-state index < -0.39 is 0 Å². The monoisotopic (exact) mass is 213 g/mol. The summed E-state index contributed by atoms with van der Waals surface area (Å²) in [5.74, 6) is 0.0864. The largest absolute Gasteiger partial charge is 0.363 e. The smallest absolute Gasteiger partial charge is 0.106 e. The molecule has 2 nitrogen and oxygen atoms in total. The molecule has 13 heavy (non-hydrogen) atoms. The Morgan fingerprint density at radius 3 is 2.62 bits per heavy atom. The molecular formula is C9H11NOS2. The Balaban J connectivity index is 2.30. The summed E-state index contributed by atoms with van der Waals surface area (Å²) in [5, 5.41) is 8.89. The van der Waals surface area contributed by atoms with Gasteiger partial charge in [0.2, 0.25) is 0 Å². The van der Waals surface area contributed by atoms with Crippen molar-refractivity contribution in [1.29, 1.82) is 5.26 Å². The molecule has 3 unspecified atom stereocenters. The van der Waals surface area contributed by atoms with Gasteiger partial charge in [-0.1, -0.05) is 0 Å². The van der Waals surface area contributed by atoms with Crippen molar-refractivity contribution in [3.8, 4) is 6.07 Å². The lowest BCUT2D eigenvalue weighted by Gasteiger charge is -2.16. The van der Waals surface area contributed by atoms with Gasteiger partial charge in [-0.2, -0.15) is 5.26 Å². The van der Waals surface area contributed by atoms with Crippen molar-refractivity contribution in [3.63, 3.8) is 0 Å². The van der Waals surface area contributed by atoms with Crippen LogP contribution in [0.2, 0.25) is 0 Å². The standard InChI is InChI=1S/C9H11NOS2/c1-12-8-6-3-5(4-10)7(11-6)9(8)13-2/h5-7H,3H2,1-2H3. The highest BCUT2D eigenvalue weighted by atomic mass is 32.2. The summed E-state index contributed by atoms with van der Waals surface area (Å²) in [5.41, 5.74) is 0. The SMILES string of the molecule is CSC1=C(SC)C2OC1CC2C#N. The molecule has 1 fully saturated rings. The van der Waals surface area contributed by atoms with Crippen molar-refractivity contribution in [1.82, 2.24) is 0 Å². The zero-order chi connectivity index (χ0) is 9.42. The molecule has 0 aromatic carbocycles. The fraction of sp³-hybridized carbons (Fsp3) is 0.667. The first kappa shape index (κ1) is 9.45. The fourth-order valence-electron chi connectivity index (χ4n) is 1.96.